The molecule has 0 saturated carbocycles. The van der Waals surface area contributed by atoms with Crippen LogP contribution in [0.2, 0.25) is 5.02 Å². The first-order valence-corrected chi connectivity index (χ1v) is 4.78. The van der Waals surface area contributed by atoms with Gasteiger partial charge < -0.3 is 14.6 Å². The number of carbonyl (C=O) groups excluding carboxylic acids is 1. The topological polar surface area (TPSA) is 55.8 Å². The largest absolute Gasteiger partial charge is 0.503 e. The number of esters is 1. The average Bonchev–Trinajstić information content (AvgIpc) is 2.29. The number of hydrogen-bond acceptors (Lipinski definition) is 4. The number of methoxy groups -OCH3 is 2. The Morgan fingerprint density at radius 2 is 2.12 bits per heavy atom. The molecular formula is C11H11ClO4. The smallest absolute Gasteiger partial charge is 0.330 e. The molecule has 0 heterocycles. The molecule has 0 unspecified atom stereocenters. The number of phenolic OH excluding ortho intramolecular Hbond substituents is 1. The third-order valence-corrected chi connectivity index (χ3v) is 2.17. The van der Waals surface area contributed by atoms with Crippen molar-refractivity contribution >= 4 is 23.6 Å². The molecule has 0 aliphatic rings. The third-order valence-electron chi connectivity index (χ3n) is 1.88. The second-order valence-electron chi connectivity index (χ2n) is 2.91. The van der Waals surface area contributed by atoms with Gasteiger partial charge in [-0.3, -0.25) is 0 Å². The van der Waals surface area contributed by atoms with Gasteiger partial charge in [0, 0.05) is 6.08 Å². The maximum atomic E-state index is 10.9. The van der Waals surface area contributed by atoms with Crippen molar-refractivity contribution in [2.24, 2.45) is 0 Å². The Bertz CT molecular complexity index is 426. The van der Waals surface area contributed by atoms with Crippen LogP contribution in [0.1, 0.15) is 5.56 Å². The van der Waals surface area contributed by atoms with Crippen molar-refractivity contribution in [1.29, 1.82) is 0 Å². The zero-order valence-electron chi connectivity index (χ0n) is 8.86. The van der Waals surface area contributed by atoms with Gasteiger partial charge in [-0.2, -0.15) is 0 Å². The first kappa shape index (κ1) is 12.4. The molecule has 0 fully saturated rings. The molecule has 5 heteroatoms. The normalized spacial score (nSPS) is 10.4. The molecule has 0 spiro atoms. The fourth-order valence-corrected chi connectivity index (χ4v) is 1.30. The Labute approximate surface area is 98.1 Å². The predicted octanol–water partition coefficient (Wildman–Crippen LogP) is 2.24. The van der Waals surface area contributed by atoms with E-state index < -0.39 is 5.97 Å². The number of phenols is 1. The maximum absolute atomic E-state index is 10.9. The molecule has 1 aromatic carbocycles. The molecule has 86 valence electrons. The van der Waals surface area contributed by atoms with Crippen molar-refractivity contribution in [3.8, 4) is 11.5 Å². The zero-order chi connectivity index (χ0) is 12.1. The van der Waals surface area contributed by atoms with Crippen LogP contribution in [0.4, 0.5) is 0 Å². The number of carbonyl (C=O) groups is 1. The number of aromatic hydroxyl groups is 1. The lowest BCUT2D eigenvalue weighted by Crippen LogP contribution is -1.93. The Morgan fingerprint density at radius 1 is 1.44 bits per heavy atom. The minimum atomic E-state index is -0.469. The monoisotopic (exact) mass is 242 g/mol. The summed E-state index contributed by atoms with van der Waals surface area (Å²) >= 11 is 5.77. The van der Waals surface area contributed by atoms with Crippen LogP contribution < -0.4 is 4.74 Å². The van der Waals surface area contributed by atoms with Crippen LogP contribution in [0.5, 0.6) is 11.5 Å². The summed E-state index contributed by atoms with van der Waals surface area (Å²) in [4.78, 5) is 10.9. The van der Waals surface area contributed by atoms with E-state index >= 15 is 0 Å². The molecular weight excluding hydrogens is 232 g/mol. The number of halogens is 1. The van der Waals surface area contributed by atoms with E-state index in [1.54, 1.807) is 6.07 Å². The van der Waals surface area contributed by atoms with Crippen LogP contribution in [0, 0.1) is 0 Å². The summed E-state index contributed by atoms with van der Waals surface area (Å²) in [6.45, 7) is 0. The van der Waals surface area contributed by atoms with E-state index in [1.807, 2.05) is 0 Å². The summed E-state index contributed by atoms with van der Waals surface area (Å²) in [7, 11) is 2.70. The summed E-state index contributed by atoms with van der Waals surface area (Å²) in [5.74, 6) is -0.348. The van der Waals surface area contributed by atoms with Gasteiger partial charge in [-0.15, -0.1) is 0 Å². The molecule has 0 bridgehead atoms. The summed E-state index contributed by atoms with van der Waals surface area (Å²) in [6, 6.07) is 3.07. The summed E-state index contributed by atoms with van der Waals surface area (Å²) in [6.07, 6.45) is 2.77. The van der Waals surface area contributed by atoms with Gasteiger partial charge in [0.1, 0.15) is 0 Å². The Balaban J connectivity index is 3.03. The molecule has 0 aliphatic carbocycles. The Morgan fingerprint density at radius 3 is 2.69 bits per heavy atom. The van der Waals surface area contributed by atoms with E-state index in [2.05, 4.69) is 4.74 Å². The van der Waals surface area contributed by atoms with Crippen LogP contribution in [0.25, 0.3) is 6.08 Å². The average molecular weight is 243 g/mol. The maximum Gasteiger partial charge on any atom is 0.330 e. The molecule has 0 amide bonds. The Hall–Kier alpha value is -1.68. The van der Waals surface area contributed by atoms with Gasteiger partial charge in [-0.25, -0.2) is 4.79 Å². The van der Waals surface area contributed by atoms with Crippen LogP contribution in [0.15, 0.2) is 18.2 Å². The van der Waals surface area contributed by atoms with Crippen molar-refractivity contribution in [2.45, 2.75) is 0 Å². The van der Waals surface area contributed by atoms with E-state index in [1.165, 1.54) is 32.4 Å². The highest BCUT2D eigenvalue weighted by molar-refractivity contribution is 6.32. The lowest BCUT2D eigenvalue weighted by Gasteiger charge is -2.06. The number of benzene rings is 1. The van der Waals surface area contributed by atoms with Crippen LogP contribution in [0.3, 0.4) is 0 Å². The molecule has 0 radical (unpaired) electrons. The predicted molar refractivity (Wildman–Crippen MR) is 60.7 cm³/mol. The second-order valence-corrected chi connectivity index (χ2v) is 3.32. The van der Waals surface area contributed by atoms with Gasteiger partial charge in [0.25, 0.3) is 0 Å². The molecule has 0 saturated heterocycles. The number of hydrogen-bond donors (Lipinski definition) is 1. The highest BCUT2D eigenvalue weighted by atomic mass is 35.5. The van der Waals surface area contributed by atoms with Crippen LogP contribution in [-0.2, 0) is 9.53 Å². The van der Waals surface area contributed by atoms with Gasteiger partial charge >= 0.3 is 5.97 Å². The molecule has 1 rings (SSSR count). The zero-order valence-corrected chi connectivity index (χ0v) is 9.62. The SMILES string of the molecule is COC(=O)C=Cc1cc(Cl)c(O)c(OC)c1. The first-order chi connectivity index (χ1) is 7.58. The summed E-state index contributed by atoms with van der Waals surface area (Å²) < 4.78 is 9.36. The van der Waals surface area contributed by atoms with Gasteiger partial charge in [0.05, 0.1) is 19.2 Å². The lowest BCUT2D eigenvalue weighted by atomic mass is 10.2. The summed E-state index contributed by atoms with van der Waals surface area (Å²) in [5, 5.41) is 9.63. The van der Waals surface area contributed by atoms with Crippen molar-refractivity contribution < 1.29 is 19.4 Å². The molecule has 0 aliphatic heterocycles. The standard InChI is InChI=1S/C11H11ClO4/c1-15-9-6-7(3-4-10(13)16-2)5-8(12)11(9)14/h3-6,14H,1-2H3. The minimum absolute atomic E-state index is 0.126. The van der Waals surface area contributed by atoms with E-state index in [9.17, 15) is 9.90 Å². The van der Waals surface area contributed by atoms with Crippen molar-refractivity contribution in [1.82, 2.24) is 0 Å². The van der Waals surface area contributed by atoms with Gasteiger partial charge in [0.15, 0.2) is 11.5 Å². The van der Waals surface area contributed by atoms with E-state index in [-0.39, 0.29) is 16.5 Å². The lowest BCUT2D eigenvalue weighted by molar-refractivity contribution is -0.134. The molecule has 0 aromatic heterocycles. The van der Waals surface area contributed by atoms with Crippen LogP contribution in [-0.4, -0.2) is 25.3 Å². The fourth-order valence-electron chi connectivity index (χ4n) is 1.08. The molecule has 4 nitrogen and oxygen atoms in total. The molecule has 1 N–H and O–H groups in total. The van der Waals surface area contributed by atoms with Gasteiger partial charge in [-0.1, -0.05) is 11.6 Å². The third kappa shape index (κ3) is 2.90. The molecule has 16 heavy (non-hydrogen) atoms. The Kier molecular flexibility index (Phi) is 4.19. The van der Waals surface area contributed by atoms with Crippen molar-refractivity contribution in [2.75, 3.05) is 14.2 Å². The highest BCUT2D eigenvalue weighted by Crippen LogP contribution is 2.35. The van der Waals surface area contributed by atoms with E-state index in [0.29, 0.717) is 5.56 Å². The second kappa shape index (κ2) is 5.42. The molecule has 1 aromatic rings. The number of ether oxygens (including phenoxy) is 2. The van der Waals surface area contributed by atoms with Gasteiger partial charge in [-0.05, 0) is 23.8 Å². The summed E-state index contributed by atoms with van der Waals surface area (Å²) in [5.41, 5.74) is 0.630. The van der Waals surface area contributed by atoms with Crippen molar-refractivity contribution in [3.63, 3.8) is 0 Å². The number of rotatable bonds is 3. The van der Waals surface area contributed by atoms with E-state index in [4.69, 9.17) is 16.3 Å². The molecule has 0 atom stereocenters. The fraction of sp³-hybridized carbons (Fsp3) is 0.182. The highest BCUT2D eigenvalue weighted by Gasteiger charge is 2.07. The first-order valence-electron chi connectivity index (χ1n) is 4.41. The minimum Gasteiger partial charge on any atom is -0.503 e. The van der Waals surface area contributed by atoms with Gasteiger partial charge in [0.2, 0.25) is 0 Å². The van der Waals surface area contributed by atoms with Crippen LogP contribution >= 0.6 is 11.6 Å². The van der Waals surface area contributed by atoms with Crippen molar-refractivity contribution in [3.05, 3.63) is 28.8 Å². The van der Waals surface area contributed by atoms with E-state index in [0.717, 1.165) is 0 Å². The quantitative estimate of drug-likeness (QED) is 0.652.